The Balaban J connectivity index is 2.50. The summed E-state index contributed by atoms with van der Waals surface area (Å²) in [5.41, 5.74) is 0.542. The molecule has 2 aromatic heterocycles. The second kappa shape index (κ2) is 4.82. The van der Waals surface area contributed by atoms with Gasteiger partial charge in [-0.15, -0.1) is 0 Å². The summed E-state index contributed by atoms with van der Waals surface area (Å²) < 4.78 is 14.2. The van der Waals surface area contributed by atoms with Crippen molar-refractivity contribution in [1.29, 1.82) is 0 Å². The highest BCUT2D eigenvalue weighted by Gasteiger charge is 2.21. The number of hydrogen-bond acceptors (Lipinski definition) is 3. The lowest BCUT2D eigenvalue weighted by atomic mass is 9.99. The van der Waals surface area contributed by atoms with Gasteiger partial charge in [-0.05, 0) is 23.1 Å². The summed E-state index contributed by atoms with van der Waals surface area (Å²) in [6.45, 7) is 0. The summed E-state index contributed by atoms with van der Waals surface area (Å²) >= 11 is 1.33. The summed E-state index contributed by atoms with van der Waals surface area (Å²) in [4.78, 5) is 23.8. The topological polar surface area (TPSA) is 59.3 Å². The molecule has 0 atom stereocenters. The summed E-state index contributed by atoms with van der Waals surface area (Å²) in [7, 11) is 1.43. The van der Waals surface area contributed by atoms with Crippen molar-refractivity contribution in [2.45, 2.75) is 0 Å². The fourth-order valence-electron chi connectivity index (χ4n) is 2.39. The Bertz CT molecular complexity index is 909. The standard InChI is InChI=1S/C15H10FNO3S/c1-17-13(15(19)20)12(8-2-4-9(16)5-3-8)10-6-21-7-11(10)14(17)18/h2-7H,1H3,(H,19,20). The van der Waals surface area contributed by atoms with Crippen LogP contribution in [0.15, 0.2) is 39.8 Å². The van der Waals surface area contributed by atoms with Crippen LogP contribution < -0.4 is 5.56 Å². The van der Waals surface area contributed by atoms with Crippen LogP contribution in [0.2, 0.25) is 0 Å². The molecule has 0 aliphatic carbocycles. The van der Waals surface area contributed by atoms with Crippen LogP contribution in [-0.4, -0.2) is 15.6 Å². The number of aromatic carboxylic acids is 1. The predicted molar refractivity (Wildman–Crippen MR) is 79.4 cm³/mol. The van der Waals surface area contributed by atoms with Crippen molar-refractivity contribution in [2.24, 2.45) is 7.05 Å². The number of hydrogen-bond donors (Lipinski definition) is 1. The van der Waals surface area contributed by atoms with Gasteiger partial charge in [-0.25, -0.2) is 9.18 Å². The minimum Gasteiger partial charge on any atom is -0.477 e. The minimum absolute atomic E-state index is 0.0995. The Kier molecular flexibility index (Phi) is 3.10. The summed E-state index contributed by atoms with van der Waals surface area (Å²) in [5.74, 6) is -1.59. The first-order chi connectivity index (χ1) is 10.0. The van der Waals surface area contributed by atoms with E-state index in [-0.39, 0.29) is 11.3 Å². The van der Waals surface area contributed by atoms with Gasteiger partial charge in [0.1, 0.15) is 11.5 Å². The van der Waals surface area contributed by atoms with E-state index >= 15 is 0 Å². The van der Waals surface area contributed by atoms with Crippen LogP contribution in [0.25, 0.3) is 21.9 Å². The van der Waals surface area contributed by atoms with Gasteiger partial charge in [0.05, 0.1) is 5.39 Å². The average molecular weight is 303 g/mol. The molecule has 106 valence electrons. The quantitative estimate of drug-likeness (QED) is 0.791. The molecule has 3 rings (SSSR count). The number of benzene rings is 1. The molecule has 21 heavy (non-hydrogen) atoms. The minimum atomic E-state index is -1.19. The molecule has 1 aromatic carbocycles. The lowest BCUT2D eigenvalue weighted by molar-refractivity contribution is 0.0686. The van der Waals surface area contributed by atoms with Crippen LogP contribution in [0.4, 0.5) is 4.39 Å². The molecular formula is C15H10FNO3S. The summed E-state index contributed by atoms with van der Waals surface area (Å²) in [6.07, 6.45) is 0. The van der Waals surface area contributed by atoms with Crippen molar-refractivity contribution in [3.63, 3.8) is 0 Å². The average Bonchev–Trinajstić information content (AvgIpc) is 2.92. The predicted octanol–water partition coefficient (Wildman–Crippen LogP) is 3.10. The van der Waals surface area contributed by atoms with E-state index < -0.39 is 11.8 Å². The lowest BCUT2D eigenvalue weighted by Gasteiger charge is -2.12. The molecule has 0 spiro atoms. The van der Waals surface area contributed by atoms with E-state index in [2.05, 4.69) is 0 Å². The highest BCUT2D eigenvalue weighted by Crippen LogP contribution is 2.32. The van der Waals surface area contributed by atoms with E-state index in [0.29, 0.717) is 21.9 Å². The first-order valence-corrected chi connectivity index (χ1v) is 7.03. The fraction of sp³-hybridized carbons (Fsp3) is 0.0667. The molecule has 4 nitrogen and oxygen atoms in total. The molecule has 0 radical (unpaired) electrons. The largest absolute Gasteiger partial charge is 0.477 e. The van der Waals surface area contributed by atoms with Crippen molar-refractivity contribution < 1.29 is 14.3 Å². The molecule has 0 saturated heterocycles. The van der Waals surface area contributed by atoms with E-state index in [4.69, 9.17) is 0 Å². The fourth-order valence-corrected chi connectivity index (χ4v) is 3.21. The number of carboxylic acids is 1. The molecule has 0 unspecified atom stereocenters. The number of carbonyl (C=O) groups is 1. The van der Waals surface area contributed by atoms with Gasteiger partial charge in [0.15, 0.2) is 0 Å². The highest BCUT2D eigenvalue weighted by atomic mass is 32.1. The van der Waals surface area contributed by atoms with E-state index in [0.717, 1.165) is 4.57 Å². The van der Waals surface area contributed by atoms with Crippen LogP contribution in [0.1, 0.15) is 10.5 Å². The zero-order valence-corrected chi connectivity index (χ0v) is 11.8. The molecule has 2 heterocycles. The third kappa shape index (κ3) is 2.04. The number of carboxylic acid groups (broad SMARTS) is 1. The van der Waals surface area contributed by atoms with Crippen LogP contribution in [-0.2, 0) is 7.05 Å². The van der Waals surface area contributed by atoms with Crippen LogP contribution >= 0.6 is 11.3 Å². The monoisotopic (exact) mass is 303 g/mol. The van der Waals surface area contributed by atoms with Crippen LogP contribution in [0.5, 0.6) is 0 Å². The first-order valence-electron chi connectivity index (χ1n) is 6.09. The second-order valence-electron chi connectivity index (χ2n) is 4.60. The lowest BCUT2D eigenvalue weighted by Crippen LogP contribution is -2.24. The molecule has 1 N–H and O–H groups in total. The normalized spacial score (nSPS) is 11.0. The number of halogens is 1. The molecule has 6 heteroatoms. The van der Waals surface area contributed by atoms with Gasteiger partial charge in [0, 0.05) is 23.4 Å². The Morgan fingerprint density at radius 2 is 1.81 bits per heavy atom. The molecule has 3 aromatic rings. The van der Waals surface area contributed by atoms with Crippen molar-refractivity contribution in [3.8, 4) is 11.1 Å². The highest BCUT2D eigenvalue weighted by molar-refractivity contribution is 7.09. The van der Waals surface area contributed by atoms with Gasteiger partial charge in [-0.2, -0.15) is 11.3 Å². The molecule has 0 bridgehead atoms. The summed E-state index contributed by atoms with van der Waals surface area (Å²) in [5, 5.41) is 13.9. The van der Waals surface area contributed by atoms with Gasteiger partial charge in [-0.3, -0.25) is 4.79 Å². The number of aromatic nitrogens is 1. The number of nitrogens with zero attached hydrogens (tertiary/aromatic N) is 1. The van der Waals surface area contributed by atoms with Crippen molar-refractivity contribution in [1.82, 2.24) is 4.57 Å². The van der Waals surface area contributed by atoms with Gasteiger partial charge >= 0.3 is 5.97 Å². The Morgan fingerprint density at radius 1 is 1.19 bits per heavy atom. The maximum atomic E-state index is 13.1. The van der Waals surface area contributed by atoms with E-state index in [1.807, 2.05) is 0 Å². The summed E-state index contributed by atoms with van der Waals surface area (Å²) in [6, 6.07) is 5.56. The number of thiophene rings is 1. The van der Waals surface area contributed by atoms with E-state index in [9.17, 15) is 19.1 Å². The zero-order chi connectivity index (χ0) is 15.1. The first kappa shape index (κ1) is 13.5. The molecule has 0 amide bonds. The van der Waals surface area contributed by atoms with Crippen molar-refractivity contribution >= 4 is 28.1 Å². The Hall–Kier alpha value is -2.47. The molecule has 0 aliphatic rings. The molecular weight excluding hydrogens is 293 g/mol. The molecule has 0 saturated carbocycles. The van der Waals surface area contributed by atoms with Gasteiger partial charge in [0.25, 0.3) is 5.56 Å². The van der Waals surface area contributed by atoms with Gasteiger partial charge in [0.2, 0.25) is 0 Å². The Morgan fingerprint density at radius 3 is 2.43 bits per heavy atom. The van der Waals surface area contributed by atoms with Gasteiger partial charge in [-0.1, -0.05) is 12.1 Å². The van der Waals surface area contributed by atoms with E-state index in [1.165, 1.54) is 42.6 Å². The molecule has 0 aliphatic heterocycles. The number of rotatable bonds is 2. The molecule has 0 fully saturated rings. The SMILES string of the molecule is Cn1c(C(=O)O)c(-c2ccc(F)cc2)c2cscc2c1=O. The maximum absolute atomic E-state index is 13.1. The zero-order valence-electron chi connectivity index (χ0n) is 11.0. The van der Waals surface area contributed by atoms with Gasteiger partial charge < -0.3 is 9.67 Å². The third-order valence-electron chi connectivity index (χ3n) is 3.37. The number of fused-ring (bicyclic) bond motifs is 1. The maximum Gasteiger partial charge on any atom is 0.353 e. The second-order valence-corrected chi connectivity index (χ2v) is 5.34. The van der Waals surface area contributed by atoms with E-state index in [1.54, 1.807) is 10.8 Å². The third-order valence-corrected chi connectivity index (χ3v) is 4.12. The van der Waals surface area contributed by atoms with Crippen LogP contribution in [0.3, 0.4) is 0 Å². The number of pyridine rings is 1. The smallest absolute Gasteiger partial charge is 0.353 e. The van der Waals surface area contributed by atoms with Crippen molar-refractivity contribution in [2.75, 3.05) is 0 Å². The Labute approximate surface area is 122 Å². The van der Waals surface area contributed by atoms with Crippen molar-refractivity contribution in [3.05, 3.63) is 56.9 Å². The van der Waals surface area contributed by atoms with Crippen LogP contribution in [0, 0.1) is 5.82 Å².